The molecule has 0 unspecified atom stereocenters. The molecule has 0 rings (SSSR count). The first-order valence-corrected chi connectivity index (χ1v) is 3.89. The van der Waals surface area contributed by atoms with Crippen LogP contribution in [0, 0.1) is 0 Å². The quantitative estimate of drug-likeness (QED) is 0.423. The van der Waals surface area contributed by atoms with E-state index < -0.39 is 6.16 Å². The lowest BCUT2D eigenvalue weighted by atomic mass is 10.8. The van der Waals surface area contributed by atoms with Gasteiger partial charge in [-0.3, -0.25) is 0 Å². The number of hydrogen-bond acceptors (Lipinski definition) is 3. The Morgan fingerprint density at radius 2 is 2.33 bits per heavy atom. The van der Waals surface area contributed by atoms with Crippen molar-refractivity contribution in [2.45, 2.75) is 18.0 Å². The molecule has 54 valence electrons. The molecule has 4 heteroatoms. The monoisotopic (exact) mass is 244 g/mol. The van der Waals surface area contributed by atoms with Gasteiger partial charge in [0.1, 0.15) is 0 Å². The molecule has 0 saturated heterocycles. The summed E-state index contributed by atoms with van der Waals surface area (Å²) < 4.78 is 8.98. The van der Waals surface area contributed by atoms with Crippen molar-refractivity contribution in [1.82, 2.24) is 0 Å². The van der Waals surface area contributed by atoms with E-state index in [9.17, 15) is 4.79 Å². The van der Waals surface area contributed by atoms with Crippen molar-refractivity contribution in [1.29, 1.82) is 0 Å². The van der Waals surface area contributed by atoms with E-state index in [1.165, 1.54) is 0 Å². The van der Waals surface area contributed by atoms with Crippen LogP contribution in [-0.2, 0) is 9.47 Å². The van der Waals surface area contributed by atoms with Crippen molar-refractivity contribution in [3.05, 3.63) is 0 Å². The van der Waals surface area contributed by atoms with E-state index >= 15 is 0 Å². The highest BCUT2D eigenvalue weighted by atomic mass is 127. The van der Waals surface area contributed by atoms with Crippen LogP contribution >= 0.6 is 22.6 Å². The molecule has 0 aromatic carbocycles. The molecule has 0 aromatic heterocycles. The largest absolute Gasteiger partial charge is 0.509 e. The third-order valence-corrected chi connectivity index (χ3v) is 0.775. The van der Waals surface area contributed by atoms with Gasteiger partial charge < -0.3 is 9.47 Å². The van der Waals surface area contributed by atoms with Crippen LogP contribution in [0.15, 0.2) is 0 Å². The molecule has 0 spiro atoms. The minimum Gasteiger partial charge on any atom is -0.435 e. The summed E-state index contributed by atoms with van der Waals surface area (Å²) in [6, 6.07) is 0. The third-order valence-electron chi connectivity index (χ3n) is 0.521. The maximum atomic E-state index is 10.4. The van der Waals surface area contributed by atoms with Gasteiger partial charge in [0.25, 0.3) is 0 Å². The molecule has 0 bridgehead atoms. The Hall–Kier alpha value is 0. The number of carbonyl (C=O) groups is 1. The lowest BCUT2D eigenvalue weighted by Crippen LogP contribution is -2.10. The van der Waals surface area contributed by atoms with E-state index in [-0.39, 0.29) is 4.11 Å². The molecule has 0 amide bonds. The summed E-state index contributed by atoms with van der Waals surface area (Å²) in [5.41, 5.74) is 0. The molecule has 0 fully saturated rings. The smallest absolute Gasteiger partial charge is 0.435 e. The van der Waals surface area contributed by atoms with Gasteiger partial charge in [-0.25, -0.2) is 4.79 Å². The summed E-state index contributed by atoms with van der Waals surface area (Å²) in [4.78, 5) is 10.4. The van der Waals surface area contributed by atoms with Crippen molar-refractivity contribution >= 4 is 28.7 Å². The van der Waals surface area contributed by atoms with Gasteiger partial charge in [-0.2, -0.15) is 0 Å². The first-order valence-electron chi connectivity index (χ1n) is 2.64. The Balaban J connectivity index is 3.27. The Morgan fingerprint density at radius 1 is 1.78 bits per heavy atom. The number of hydrogen-bond donors (Lipinski definition) is 0. The zero-order valence-electron chi connectivity index (χ0n) is 5.39. The predicted octanol–water partition coefficient (Wildman–Crippen LogP) is 1.94. The summed E-state index contributed by atoms with van der Waals surface area (Å²) in [6.07, 6.45) is -0.598. The van der Waals surface area contributed by atoms with Crippen LogP contribution in [0.2, 0.25) is 0 Å². The van der Waals surface area contributed by atoms with Gasteiger partial charge in [-0.15, -0.1) is 0 Å². The van der Waals surface area contributed by atoms with Crippen LogP contribution in [-0.4, -0.2) is 16.9 Å². The van der Waals surface area contributed by atoms with E-state index in [1.807, 2.05) is 22.6 Å². The Labute approximate surface area is 67.8 Å². The highest BCUT2D eigenvalue weighted by Crippen LogP contribution is 2.01. The van der Waals surface area contributed by atoms with Crippen LogP contribution < -0.4 is 0 Å². The number of ether oxygens (including phenoxy) is 2. The van der Waals surface area contributed by atoms with Crippen molar-refractivity contribution < 1.29 is 14.3 Å². The fourth-order valence-corrected chi connectivity index (χ4v) is 0.492. The lowest BCUT2D eigenvalue weighted by Gasteiger charge is -2.04. The molecular weight excluding hydrogens is 235 g/mol. The second-order valence-electron chi connectivity index (χ2n) is 1.34. The minimum atomic E-state index is -0.598. The van der Waals surface area contributed by atoms with Gasteiger partial charge in [0.05, 0.1) is 6.61 Å². The molecule has 9 heavy (non-hydrogen) atoms. The standard InChI is InChI=1S/C5H9IO3/c1-3-8-5(7)9-4(2)6/h4H,3H2,1-2H3/t4-/m1/s1. The van der Waals surface area contributed by atoms with Crippen LogP contribution in [0.4, 0.5) is 4.79 Å². The molecule has 0 heterocycles. The zero-order valence-corrected chi connectivity index (χ0v) is 7.54. The summed E-state index contributed by atoms with van der Waals surface area (Å²) in [5, 5.41) is 0. The summed E-state index contributed by atoms with van der Waals surface area (Å²) in [5.74, 6) is 0. The molecule has 0 radical (unpaired) electrons. The fraction of sp³-hybridized carbons (Fsp3) is 0.800. The average molecular weight is 244 g/mol. The molecule has 1 atom stereocenters. The lowest BCUT2D eigenvalue weighted by molar-refractivity contribution is 0.0587. The van der Waals surface area contributed by atoms with Crippen LogP contribution in [0.25, 0.3) is 0 Å². The Kier molecular flexibility index (Phi) is 4.84. The van der Waals surface area contributed by atoms with Crippen molar-refractivity contribution in [2.75, 3.05) is 6.61 Å². The molecule has 0 aliphatic rings. The Morgan fingerprint density at radius 3 is 2.67 bits per heavy atom. The Bertz CT molecular complexity index is 92.2. The van der Waals surface area contributed by atoms with Crippen molar-refractivity contribution in [3.8, 4) is 0 Å². The molecule has 0 aliphatic carbocycles. The third kappa shape index (κ3) is 5.88. The summed E-state index contributed by atoms with van der Waals surface area (Å²) in [7, 11) is 0. The number of rotatable bonds is 2. The van der Waals surface area contributed by atoms with E-state index in [0.29, 0.717) is 6.61 Å². The fourth-order valence-electron chi connectivity index (χ4n) is 0.284. The van der Waals surface area contributed by atoms with Gasteiger partial charge in [-0.05, 0) is 36.4 Å². The molecule has 0 aromatic rings. The molecule has 0 aliphatic heterocycles. The maximum Gasteiger partial charge on any atom is 0.509 e. The normalized spacial score (nSPS) is 12.3. The van der Waals surface area contributed by atoms with Gasteiger partial charge in [0, 0.05) is 0 Å². The maximum absolute atomic E-state index is 10.4. The molecule has 0 N–H and O–H groups in total. The number of carbonyl (C=O) groups excluding carboxylic acids is 1. The van der Waals surface area contributed by atoms with Crippen LogP contribution in [0.1, 0.15) is 13.8 Å². The van der Waals surface area contributed by atoms with Crippen LogP contribution in [0.5, 0.6) is 0 Å². The topological polar surface area (TPSA) is 35.5 Å². The van der Waals surface area contributed by atoms with Crippen molar-refractivity contribution in [2.24, 2.45) is 0 Å². The van der Waals surface area contributed by atoms with Gasteiger partial charge in [-0.1, -0.05) is 0 Å². The molecule has 0 saturated carbocycles. The average Bonchev–Trinajstić information content (AvgIpc) is 1.63. The van der Waals surface area contributed by atoms with E-state index in [0.717, 1.165) is 0 Å². The van der Waals surface area contributed by atoms with Crippen molar-refractivity contribution in [3.63, 3.8) is 0 Å². The highest BCUT2D eigenvalue weighted by Gasteiger charge is 2.04. The summed E-state index contributed by atoms with van der Waals surface area (Å²) in [6.45, 7) is 3.86. The zero-order chi connectivity index (χ0) is 7.28. The predicted molar refractivity (Wildman–Crippen MR) is 41.6 cm³/mol. The minimum absolute atomic E-state index is 0.123. The second kappa shape index (κ2) is 4.84. The SMILES string of the molecule is CCOC(=O)O[C@H](C)I. The van der Waals surface area contributed by atoms with E-state index in [2.05, 4.69) is 9.47 Å². The number of halogens is 1. The van der Waals surface area contributed by atoms with E-state index in [1.54, 1.807) is 13.8 Å². The van der Waals surface area contributed by atoms with Crippen LogP contribution in [0.3, 0.4) is 0 Å². The summed E-state index contributed by atoms with van der Waals surface area (Å²) >= 11 is 1.97. The van der Waals surface area contributed by atoms with Gasteiger partial charge >= 0.3 is 6.16 Å². The second-order valence-corrected chi connectivity index (χ2v) is 3.10. The first kappa shape index (κ1) is 9.00. The highest BCUT2D eigenvalue weighted by molar-refractivity contribution is 14.1. The van der Waals surface area contributed by atoms with Gasteiger partial charge in [0.15, 0.2) is 4.11 Å². The molecule has 3 nitrogen and oxygen atoms in total. The first-order chi connectivity index (χ1) is 4.16. The number of alkyl halides is 1. The van der Waals surface area contributed by atoms with Gasteiger partial charge in [0.2, 0.25) is 0 Å². The van der Waals surface area contributed by atoms with E-state index in [4.69, 9.17) is 0 Å². The molecular formula is C5H9IO3.